The van der Waals surface area contributed by atoms with Crippen molar-refractivity contribution >= 4 is 5.70 Å². The maximum Gasteiger partial charge on any atom is 0.121 e. The smallest absolute Gasteiger partial charge is 0.121 e. The van der Waals surface area contributed by atoms with Crippen LogP contribution in [0.3, 0.4) is 0 Å². The van der Waals surface area contributed by atoms with Crippen molar-refractivity contribution in [2.24, 2.45) is 0 Å². The van der Waals surface area contributed by atoms with E-state index in [1.807, 2.05) is 0 Å². The summed E-state index contributed by atoms with van der Waals surface area (Å²) in [7, 11) is 0. The average Bonchev–Trinajstić information content (AvgIpc) is 2.92. The molecular formula is C19H29N5. The first kappa shape index (κ1) is 15.9. The van der Waals surface area contributed by atoms with Crippen LogP contribution in [0.4, 0.5) is 0 Å². The van der Waals surface area contributed by atoms with Crippen LogP contribution >= 0.6 is 0 Å². The highest BCUT2D eigenvalue weighted by Crippen LogP contribution is 2.29. The van der Waals surface area contributed by atoms with E-state index in [1.54, 1.807) is 0 Å². The molecule has 1 aromatic rings. The monoisotopic (exact) mass is 327 g/mol. The third-order valence-electron chi connectivity index (χ3n) is 5.50. The van der Waals surface area contributed by atoms with E-state index in [-0.39, 0.29) is 0 Å². The number of H-pyrrole nitrogens is 1. The Morgan fingerprint density at radius 1 is 1.29 bits per heavy atom. The van der Waals surface area contributed by atoms with Crippen molar-refractivity contribution in [1.82, 2.24) is 25.1 Å². The van der Waals surface area contributed by atoms with E-state index < -0.39 is 0 Å². The number of fused-ring (bicyclic) bond motifs is 2. The highest BCUT2D eigenvalue weighted by atomic mass is 15.3. The standard InChI is InChI=1S/C19H29N5/c1-2-20-13-18-21-16-8-3-4-9-17(19(16)22-18)24-12-11-23-10-6-5-7-15(23)14-24/h3-4,9,15,20H,2,5-8,10-14H2,1H3,(H,21,22)/t15-/m1/s1. The number of nitrogens with zero attached hydrogens (tertiary/aromatic N) is 3. The van der Waals surface area contributed by atoms with Crippen molar-refractivity contribution in [2.45, 2.75) is 45.2 Å². The van der Waals surface area contributed by atoms with Gasteiger partial charge in [-0.15, -0.1) is 0 Å². The lowest BCUT2D eigenvalue weighted by Gasteiger charge is -2.45. The van der Waals surface area contributed by atoms with E-state index in [2.05, 4.69) is 45.3 Å². The largest absolute Gasteiger partial charge is 0.367 e. The Labute approximate surface area is 144 Å². The number of aromatic nitrogens is 2. The fourth-order valence-electron chi connectivity index (χ4n) is 4.20. The predicted octanol–water partition coefficient (Wildman–Crippen LogP) is 2.14. The number of allylic oxidation sites excluding steroid dienone is 3. The Morgan fingerprint density at radius 2 is 2.25 bits per heavy atom. The van der Waals surface area contributed by atoms with Crippen molar-refractivity contribution in [3.8, 4) is 0 Å². The summed E-state index contributed by atoms with van der Waals surface area (Å²) in [6.45, 7) is 8.66. The normalized spacial score (nSPS) is 24.3. The zero-order valence-corrected chi connectivity index (χ0v) is 14.7. The number of hydrogen-bond donors (Lipinski definition) is 2. The van der Waals surface area contributed by atoms with Crippen molar-refractivity contribution < 1.29 is 0 Å². The Morgan fingerprint density at radius 3 is 3.17 bits per heavy atom. The van der Waals surface area contributed by atoms with Gasteiger partial charge in [0.15, 0.2) is 0 Å². The van der Waals surface area contributed by atoms with Gasteiger partial charge >= 0.3 is 0 Å². The van der Waals surface area contributed by atoms with Crippen molar-refractivity contribution in [3.63, 3.8) is 0 Å². The van der Waals surface area contributed by atoms with Crippen LogP contribution in [0.2, 0.25) is 0 Å². The maximum absolute atomic E-state index is 4.93. The Balaban J connectivity index is 1.55. The van der Waals surface area contributed by atoms with Crippen LogP contribution in [0.25, 0.3) is 5.70 Å². The first-order chi connectivity index (χ1) is 11.8. The molecule has 1 atom stereocenters. The second kappa shape index (κ2) is 7.11. The third-order valence-corrected chi connectivity index (χ3v) is 5.50. The molecule has 24 heavy (non-hydrogen) atoms. The quantitative estimate of drug-likeness (QED) is 0.889. The number of rotatable bonds is 4. The van der Waals surface area contributed by atoms with E-state index >= 15 is 0 Å². The molecule has 3 heterocycles. The zero-order chi connectivity index (χ0) is 16.4. The second-order valence-corrected chi connectivity index (χ2v) is 7.11. The third kappa shape index (κ3) is 3.15. The van der Waals surface area contributed by atoms with Crippen LogP contribution in [0.15, 0.2) is 18.2 Å². The van der Waals surface area contributed by atoms with Crippen molar-refractivity contribution in [1.29, 1.82) is 0 Å². The lowest BCUT2D eigenvalue weighted by atomic mass is 9.99. The molecule has 3 aliphatic rings. The van der Waals surface area contributed by atoms with Gasteiger partial charge in [0.1, 0.15) is 11.5 Å². The number of piperidine rings is 1. The Kier molecular flexibility index (Phi) is 4.72. The molecule has 0 spiro atoms. The lowest BCUT2D eigenvalue weighted by molar-refractivity contribution is 0.0760. The fourth-order valence-corrected chi connectivity index (χ4v) is 4.20. The highest BCUT2D eigenvalue weighted by Gasteiger charge is 2.31. The lowest BCUT2D eigenvalue weighted by Crippen LogP contribution is -2.54. The highest BCUT2D eigenvalue weighted by molar-refractivity contribution is 5.66. The van der Waals surface area contributed by atoms with Gasteiger partial charge in [-0.05, 0) is 32.0 Å². The van der Waals surface area contributed by atoms with Gasteiger partial charge in [0, 0.05) is 37.8 Å². The molecule has 2 aliphatic heterocycles. The summed E-state index contributed by atoms with van der Waals surface area (Å²) in [5.41, 5.74) is 3.73. The maximum atomic E-state index is 4.93. The molecule has 2 N–H and O–H groups in total. The Bertz CT molecular complexity index is 630. The molecule has 0 unspecified atom stereocenters. The van der Waals surface area contributed by atoms with Crippen molar-refractivity contribution in [2.75, 3.05) is 32.7 Å². The molecule has 130 valence electrons. The molecule has 2 saturated heterocycles. The molecule has 0 aromatic carbocycles. The average molecular weight is 327 g/mol. The van der Waals surface area contributed by atoms with E-state index in [1.165, 1.54) is 43.7 Å². The second-order valence-electron chi connectivity index (χ2n) is 7.11. The molecule has 2 fully saturated rings. The summed E-state index contributed by atoms with van der Waals surface area (Å²) in [5.74, 6) is 1.05. The zero-order valence-electron chi connectivity index (χ0n) is 14.7. The Hall–Kier alpha value is -1.59. The summed E-state index contributed by atoms with van der Waals surface area (Å²) < 4.78 is 0. The van der Waals surface area contributed by atoms with E-state index in [9.17, 15) is 0 Å². The number of piperazine rings is 1. The minimum atomic E-state index is 0.726. The van der Waals surface area contributed by atoms with Gasteiger partial charge in [-0.1, -0.05) is 25.5 Å². The summed E-state index contributed by atoms with van der Waals surface area (Å²) in [4.78, 5) is 13.7. The predicted molar refractivity (Wildman–Crippen MR) is 97.6 cm³/mol. The van der Waals surface area contributed by atoms with Gasteiger partial charge in [0.2, 0.25) is 0 Å². The van der Waals surface area contributed by atoms with Crippen LogP contribution in [-0.4, -0.2) is 58.5 Å². The van der Waals surface area contributed by atoms with Crippen molar-refractivity contribution in [3.05, 3.63) is 35.4 Å². The molecule has 0 radical (unpaired) electrons. The van der Waals surface area contributed by atoms with Gasteiger partial charge < -0.3 is 15.2 Å². The molecule has 5 nitrogen and oxygen atoms in total. The molecule has 0 amide bonds. The van der Waals surface area contributed by atoms with Gasteiger partial charge in [0.25, 0.3) is 0 Å². The molecule has 0 saturated carbocycles. The minimum Gasteiger partial charge on any atom is -0.367 e. The van der Waals surface area contributed by atoms with Crippen LogP contribution < -0.4 is 5.32 Å². The first-order valence-electron chi connectivity index (χ1n) is 9.50. The number of nitrogens with one attached hydrogen (secondary N) is 2. The van der Waals surface area contributed by atoms with E-state index in [4.69, 9.17) is 4.98 Å². The topological polar surface area (TPSA) is 47.2 Å². The minimum absolute atomic E-state index is 0.726. The number of aromatic amines is 1. The number of imidazole rings is 1. The first-order valence-corrected chi connectivity index (χ1v) is 9.50. The number of hydrogen-bond acceptors (Lipinski definition) is 4. The molecule has 4 rings (SSSR count). The van der Waals surface area contributed by atoms with E-state index in [0.29, 0.717) is 0 Å². The molecule has 1 aliphatic carbocycles. The van der Waals surface area contributed by atoms with E-state index in [0.717, 1.165) is 50.2 Å². The van der Waals surface area contributed by atoms with Crippen LogP contribution in [0.1, 0.15) is 43.4 Å². The van der Waals surface area contributed by atoms with Gasteiger partial charge in [-0.3, -0.25) is 4.90 Å². The summed E-state index contributed by atoms with van der Waals surface area (Å²) in [6, 6.07) is 0.726. The van der Waals surface area contributed by atoms with Gasteiger partial charge in [0.05, 0.1) is 12.2 Å². The molecular weight excluding hydrogens is 298 g/mol. The molecule has 1 aromatic heterocycles. The summed E-state index contributed by atoms with van der Waals surface area (Å²) >= 11 is 0. The fraction of sp³-hybridized carbons (Fsp3) is 0.632. The molecule has 0 bridgehead atoms. The van der Waals surface area contributed by atoms with Gasteiger partial charge in [-0.2, -0.15) is 0 Å². The summed E-state index contributed by atoms with van der Waals surface area (Å²) in [6.07, 6.45) is 11.7. The van der Waals surface area contributed by atoms with Crippen LogP contribution in [0.5, 0.6) is 0 Å². The molecule has 5 heteroatoms. The van der Waals surface area contributed by atoms with Gasteiger partial charge in [-0.25, -0.2) is 4.98 Å². The summed E-state index contributed by atoms with van der Waals surface area (Å²) in [5, 5.41) is 3.37. The van der Waals surface area contributed by atoms with Crippen LogP contribution in [-0.2, 0) is 13.0 Å². The van der Waals surface area contributed by atoms with Crippen LogP contribution in [0, 0.1) is 0 Å². The SMILES string of the molecule is CCNCc1nc2c([nH]1)CC=CC=C2N1CCN2CCCC[C@@H]2C1.